The number of phenolic OH excluding ortho intramolecular Hbond substituents is 1. The molecule has 0 radical (unpaired) electrons. The standard InChI is InChI=1S/C26H36N2O10/c1-36-20(32)11-6-4-2-3-5-7-12-37-26-22(24(34)23(33)19(14-29)38-26)28-25(35)16-13-18(31)15-9-8-10-17(30)21(15)27-16/h8-10,13,19,22-24,26,29-30,33-34H,2-7,11-12,14H2,1H3,(H,27,31)(H,28,35)/t19?,22?,23-,24?,26-/m1/s1. The number of aliphatic hydroxyl groups excluding tert-OH is 3. The van der Waals surface area contributed by atoms with Crippen LogP contribution in [0, 0.1) is 0 Å². The molecule has 6 N–H and O–H groups in total. The monoisotopic (exact) mass is 536 g/mol. The number of esters is 1. The number of pyridine rings is 1. The number of para-hydroxylation sites is 1. The van der Waals surface area contributed by atoms with Gasteiger partial charge in [-0.1, -0.05) is 31.7 Å². The highest BCUT2D eigenvalue weighted by Gasteiger charge is 2.45. The predicted molar refractivity (Wildman–Crippen MR) is 136 cm³/mol. The van der Waals surface area contributed by atoms with Gasteiger partial charge < -0.3 is 44.9 Å². The Bertz CT molecular complexity index is 1140. The maximum absolute atomic E-state index is 13.0. The zero-order chi connectivity index (χ0) is 27.7. The Morgan fingerprint density at radius 2 is 1.79 bits per heavy atom. The van der Waals surface area contributed by atoms with Crippen LogP contribution in [0.25, 0.3) is 10.9 Å². The number of phenols is 1. The lowest BCUT2D eigenvalue weighted by molar-refractivity contribution is -0.269. The number of aromatic hydroxyl groups is 1. The Morgan fingerprint density at radius 1 is 1.08 bits per heavy atom. The number of fused-ring (bicyclic) bond motifs is 1. The van der Waals surface area contributed by atoms with E-state index in [9.17, 15) is 34.8 Å². The van der Waals surface area contributed by atoms with E-state index >= 15 is 0 Å². The lowest BCUT2D eigenvalue weighted by Crippen LogP contribution is -2.64. The van der Waals surface area contributed by atoms with Crippen LogP contribution in [-0.2, 0) is 19.0 Å². The number of aromatic amines is 1. The third-order valence-corrected chi connectivity index (χ3v) is 6.55. The van der Waals surface area contributed by atoms with E-state index < -0.39 is 48.6 Å². The van der Waals surface area contributed by atoms with Crippen LogP contribution in [0.3, 0.4) is 0 Å². The molecule has 12 heteroatoms. The quantitative estimate of drug-likeness (QED) is 0.157. The molecule has 5 atom stereocenters. The first-order valence-corrected chi connectivity index (χ1v) is 12.7. The molecule has 0 spiro atoms. The second-order valence-corrected chi connectivity index (χ2v) is 9.27. The number of methoxy groups -OCH3 is 1. The van der Waals surface area contributed by atoms with Crippen LogP contribution in [0.4, 0.5) is 0 Å². The van der Waals surface area contributed by atoms with Crippen molar-refractivity contribution in [3.8, 4) is 5.75 Å². The molecule has 0 aliphatic carbocycles. The van der Waals surface area contributed by atoms with E-state index in [0.29, 0.717) is 12.8 Å². The summed E-state index contributed by atoms with van der Waals surface area (Å²) in [4.78, 5) is 39.3. The van der Waals surface area contributed by atoms with Crippen molar-refractivity contribution < 1.29 is 44.2 Å². The van der Waals surface area contributed by atoms with Gasteiger partial charge in [0, 0.05) is 24.5 Å². The minimum Gasteiger partial charge on any atom is -0.506 e. The highest BCUT2D eigenvalue weighted by molar-refractivity contribution is 5.96. The Balaban J connectivity index is 1.58. The molecule has 0 bridgehead atoms. The van der Waals surface area contributed by atoms with E-state index in [1.807, 2.05) is 0 Å². The molecule has 1 amide bonds. The van der Waals surface area contributed by atoms with Crippen molar-refractivity contribution in [2.45, 2.75) is 75.6 Å². The lowest BCUT2D eigenvalue weighted by Gasteiger charge is -2.42. The molecule has 1 aromatic carbocycles. The average molecular weight is 537 g/mol. The Kier molecular flexibility index (Phi) is 11.0. The van der Waals surface area contributed by atoms with Crippen molar-refractivity contribution in [3.63, 3.8) is 0 Å². The summed E-state index contributed by atoms with van der Waals surface area (Å²) in [5.74, 6) is -1.21. The Hall–Kier alpha value is -3.03. The van der Waals surface area contributed by atoms with Crippen molar-refractivity contribution >= 4 is 22.8 Å². The lowest BCUT2D eigenvalue weighted by atomic mass is 9.96. The predicted octanol–water partition coefficient (Wildman–Crippen LogP) is 0.691. The molecule has 1 saturated heterocycles. The van der Waals surface area contributed by atoms with E-state index in [1.165, 1.54) is 25.3 Å². The van der Waals surface area contributed by atoms with Crippen LogP contribution in [0.1, 0.15) is 55.4 Å². The zero-order valence-corrected chi connectivity index (χ0v) is 21.3. The number of hydrogen-bond acceptors (Lipinski definition) is 10. The maximum Gasteiger partial charge on any atom is 0.305 e. The van der Waals surface area contributed by atoms with Crippen molar-refractivity contribution in [1.29, 1.82) is 0 Å². The number of aliphatic hydroxyl groups is 3. The number of carbonyl (C=O) groups is 2. The molecular formula is C26H36N2O10. The fourth-order valence-electron chi connectivity index (χ4n) is 4.37. The number of carbonyl (C=O) groups excluding carboxylic acids is 2. The molecule has 12 nitrogen and oxygen atoms in total. The number of nitrogens with one attached hydrogen (secondary N) is 2. The molecular weight excluding hydrogens is 500 g/mol. The van der Waals surface area contributed by atoms with Crippen LogP contribution in [-0.4, -0.2) is 88.3 Å². The number of H-pyrrole nitrogens is 1. The summed E-state index contributed by atoms with van der Waals surface area (Å²) in [5, 5.41) is 43.4. The smallest absolute Gasteiger partial charge is 0.305 e. The summed E-state index contributed by atoms with van der Waals surface area (Å²) in [7, 11) is 1.37. The molecule has 3 unspecified atom stereocenters. The molecule has 1 aromatic heterocycles. The molecule has 2 aromatic rings. The Labute approximate surface area is 219 Å². The molecule has 210 valence electrons. The van der Waals surface area contributed by atoms with Gasteiger partial charge in [0.05, 0.1) is 19.2 Å². The molecule has 1 aliphatic rings. The Morgan fingerprint density at radius 3 is 2.50 bits per heavy atom. The third kappa shape index (κ3) is 7.51. The molecule has 1 fully saturated rings. The number of ether oxygens (including phenoxy) is 3. The van der Waals surface area contributed by atoms with Crippen LogP contribution in [0.5, 0.6) is 5.75 Å². The van der Waals surface area contributed by atoms with Crippen LogP contribution in [0.2, 0.25) is 0 Å². The van der Waals surface area contributed by atoms with Crippen molar-refractivity contribution in [1.82, 2.24) is 10.3 Å². The zero-order valence-electron chi connectivity index (χ0n) is 21.3. The van der Waals surface area contributed by atoms with Gasteiger partial charge in [-0.05, 0) is 25.0 Å². The highest BCUT2D eigenvalue weighted by atomic mass is 16.7. The second-order valence-electron chi connectivity index (χ2n) is 9.27. The SMILES string of the molecule is COC(=O)CCCCCCCCO[C@@H]1OC(CO)[C@@H](O)C(O)C1NC(=O)c1cc(=O)c2cccc(O)c2[nH]1. The van der Waals surface area contributed by atoms with Gasteiger partial charge in [-0.15, -0.1) is 0 Å². The van der Waals surface area contributed by atoms with E-state index in [2.05, 4.69) is 15.0 Å². The molecule has 2 heterocycles. The van der Waals surface area contributed by atoms with E-state index in [1.54, 1.807) is 0 Å². The number of hydrogen-bond donors (Lipinski definition) is 6. The van der Waals surface area contributed by atoms with Crippen LogP contribution >= 0.6 is 0 Å². The minimum absolute atomic E-state index is 0.0871. The van der Waals surface area contributed by atoms with Crippen LogP contribution < -0.4 is 10.7 Å². The normalized spacial score (nSPS) is 23.3. The molecule has 3 rings (SSSR count). The van der Waals surface area contributed by atoms with Gasteiger partial charge in [-0.3, -0.25) is 14.4 Å². The van der Waals surface area contributed by atoms with E-state index in [4.69, 9.17) is 9.47 Å². The topological polar surface area (TPSA) is 188 Å². The molecule has 0 saturated carbocycles. The largest absolute Gasteiger partial charge is 0.506 e. The number of benzene rings is 1. The van der Waals surface area contributed by atoms with Crippen molar-refractivity contribution in [2.75, 3.05) is 20.3 Å². The number of aromatic nitrogens is 1. The summed E-state index contributed by atoms with van der Waals surface area (Å²) in [6.45, 7) is -0.331. The summed E-state index contributed by atoms with van der Waals surface area (Å²) < 4.78 is 16.0. The highest BCUT2D eigenvalue weighted by Crippen LogP contribution is 2.24. The summed E-state index contributed by atoms with van der Waals surface area (Å²) in [6, 6.07) is 4.25. The minimum atomic E-state index is -1.52. The number of amides is 1. The summed E-state index contributed by atoms with van der Waals surface area (Å²) in [5.41, 5.74) is -0.566. The van der Waals surface area contributed by atoms with Gasteiger partial charge in [-0.25, -0.2) is 0 Å². The number of unbranched alkanes of at least 4 members (excludes halogenated alkanes) is 5. The van der Waals surface area contributed by atoms with E-state index in [0.717, 1.165) is 38.2 Å². The second kappa shape index (κ2) is 14.2. The van der Waals surface area contributed by atoms with Gasteiger partial charge in [0.2, 0.25) is 0 Å². The van der Waals surface area contributed by atoms with Crippen molar-refractivity contribution in [2.24, 2.45) is 0 Å². The first-order chi connectivity index (χ1) is 18.3. The van der Waals surface area contributed by atoms with Gasteiger partial charge >= 0.3 is 5.97 Å². The van der Waals surface area contributed by atoms with Gasteiger partial charge in [0.1, 0.15) is 35.8 Å². The van der Waals surface area contributed by atoms with Crippen LogP contribution in [0.15, 0.2) is 29.1 Å². The summed E-state index contributed by atoms with van der Waals surface area (Å²) in [6.07, 6.45) is 0.171. The van der Waals surface area contributed by atoms with Gasteiger partial charge in [0.15, 0.2) is 11.7 Å². The van der Waals surface area contributed by atoms with Gasteiger partial charge in [0.25, 0.3) is 5.91 Å². The van der Waals surface area contributed by atoms with Gasteiger partial charge in [-0.2, -0.15) is 0 Å². The first kappa shape index (κ1) is 29.5. The fourth-order valence-corrected chi connectivity index (χ4v) is 4.37. The average Bonchev–Trinajstić information content (AvgIpc) is 2.91. The first-order valence-electron chi connectivity index (χ1n) is 12.7. The van der Waals surface area contributed by atoms with E-state index in [-0.39, 0.29) is 34.9 Å². The molecule has 1 aliphatic heterocycles. The summed E-state index contributed by atoms with van der Waals surface area (Å²) >= 11 is 0. The number of rotatable bonds is 13. The van der Waals surface area contributed by atoms with Crippen molar-refractivity contribution in [3.05, 3.63) is 40.2 Å². The fraction of sp³-hybridized carbons (Fsp3) is 0.577. The third-order valence-electron chi connectivity index (χ3n) is 6.55. The molecule has 38 heavy (non-hydrogen) atoms. The maximum atomic E-state index is 13.0.